The number of ether oxygens (including phenoxy) is 1. The third-order valence-corrected chi connectivity index (χ3v) is 2.24. The Morgan fingerprint density at radius 1 is 1.13 bits per heavy atom. The molecule has 0 aliphatic heterocycles. The maximum atomic E-state index is 11.9. The molecule has 0 fully saturated rings. The maximum absolute atomic E-state index is 11.9. The van der Waals surface area contributed by atoms with E-state index in [9.17, 15) is 4.79 Å². The minimum absolute atomic E-state index is 0.0317. The Bertz CT molecular complexity index is 199. The highest BCUT2D eigenvalue weighted by Gasteiger charge is 2.28. The molecule has 0 aromatic rings. The van der Waals surface area contributed by atoms with Gasteiger partial charge in [-0.05, 0) is 39.0 Å². The standard InChI is InChI=1S/C13H26O2/c1-9(2)8-11(10(3)4)12(14)15-13(5,6)7/h9-11H,8H2,1-7H3. The van der Waals surface area contributed by atoms with E-state index in [1.54, 1.807) is 0 Å². The first kappa shape index (κ1) is 14.5. The third-order valence-electron chi connectivity index (χ3n) is 2.24. The zero-order valence-corrected chi connectivity index (χ0v) is 11.3. The Labute approximate surface area is 94.4 Å². The zero-order chi connectivity index (χ0) is 12.2. The minimum Gasteiger partial charge on any atom is -0.460 e. The molecule has 15 heavy (non-hydrogen) atoms. The van der Waals surface area contributed by atoms with Gasteiger partial charge in [0.25, 0.3) is 0 Å². The normalized spacial score (nSPS) is 14.5. The van der Waals surface area contributed by atoms with Gasteiger partial charge in [0.2, 0.25) is 0 Å². The first-order valence-electron chi connectivity index (χ1n) is 5.86. The predicted molar refractivity (Wildman–Crippen MR) is 63.6 cm³/mol. The number of esters is 1. The molecule has 0 saturated carbocycles. The summed E-state index contributed by atoms with van der Waals surface area (Å²) in [6, 6.07) is 0. The fourth-order valence-corrected chi connectivity index (χ4v) is 1.53. The van der Waals surface area contributed by atoms with Gasteiger partial charge in [-0.15, -0.1) is 0 Å². The van der Waals surface area contributed by atoms with Crippen LogP contribution in [0.3, 0.4) is 0 Å². The molecule has 1 unspecified atom stereocenters. The second kappa shape index (κ2) is 5.53. The van der Waals surface area contributed by atoms with Crippen molar-refractivity contribution in [3.8, 4) is 0 Å². The molecular weight excluding hydrogens is 188 g/mol. The van der Waals surface area contributed by atoms with Crippen LogP contribution >= 0.6 is 0 Å². The molecule has 0 aliphatic rings. The van der Waals surface area contributed by atoms with Crippen LogP contribution < -0.4 is 0 Å². The van der Waals surface area contributed by atoms with E-state index in [1.165, 1.54) is 0 Å². The fraction of sp³-hybridized carbons (Fsp3) is 0.923. The third kappa shape index (κ3) is 6.53. The molecule has 0 amide bonds. The minimum atomic E-state index is -0.374. The van der Waals surface area contributed by atoms with Crippen LogP contribution in [0.4, 0.5) is 0 Å². The molecule has 0 rings (SSSR count). The van der Waals surface area contributed by atoms with E-state index in [4.69, 9.17) is 4.74 Å². The van der Waals surface area contributed by atoms with Crippen molar-refractivity contribution >= 4 is 5.97 Å². The summed E-state index contributed by atoms with van der Waals surface area (Å²) in [6.07, 6.45) is 0.909. The van der Waals surface area contributed by atoms with E-state index in [0.29, 0.717) is 11.8 Å². The number of hydrogen-bond acceptors (Lipinski definition) is 2. The van der Waals surface area contributed by atoms with Crippen LogP contribution in [0.2, 0.25) is 0 Å². The van der Waals surface area contributed by atoms with Crippen molar-refractivity contribution in [3.05, 3.63) is 0 Å². The number of rotatable bonds is 4. The lowest BCUT2D eigenvalue weighted by atomic mass is 9.87. The molecule has 0 spiro atoms. The summed E-state index contributed by atoms with van der Waals surface area (Å²) in [5.74, 6) is 0.864. The largest absolute Gasteiger partial charge is 0.460 e. The van der Waals surface area contributed by atoms with Crippen molar-refractivity contribution in [2.75, 3.05) is 0 Å². The summed E-state index contributed by atoms with van der Waals surface area (Å²) in [4.78, 5) is 11.9. The van der Waals surface area contributed by atoms with E-state index in [0.717, 1.165) is 6.42 Å². The Morgan fingerprint density at radius 3 is 1.87 bits per heavy atom. The van der Waals surface area contributed by atoms with Crippen molar-refractivity contribution < 1.29 is 9.53 Å². The molecule has 0 aliphatic carbocycles. The molecule has 90 valence electrons. The van der Waals surface area contributed by atoms with Gasteiger partial charge in [0.1, 0.15) is 5.60 Å². The van der Waals surface area contributed by atoms with Crippen LogP contribution in [0.25, 0.3) is 0 Å². The average Bonchev–Trinajstić information content (AvgIpc) is 1.95. The molecule has 0 radical (unpaired) electrons. The second-order valence-electron chi connectivity index (χ2n) is 6.01. The summed E-state index contributed by atoms with van der Waals surface area (Å²) >= 11 is 0. The zero-order valence-electron chi connectivity index (χ0n) is 11.3. The number of carbonyl (C=O) groups excluding carboxylic acids is 1. The molecule has 0 saturated heterocycles. The fourth-order valence-electron chi connectivity index (χ4n) is 1.53. The molecule has 0 aromatic heterocycles. The van der Waals surface area contributed by atoms with E-state index in [1.807, 2.05) is 20.8 Å². The number of carbonyl (C=O) groups is 1. The molecular formula is C13H26O2. The first-order valence-corrected chi connectivity index (χ1v) is 5.86. The highest BCUT2D eigenvalue weighted by molar-refractivity contribution is 5.73. The van der Waals surface area contributed by atoms with Gasteiger partial charge in [-0.1, -0.05) is 27.7 Å². The molecule has 2 nitrogen and oxygen atoms in total. The van der Waals surface area contributed by atoms with E-state index >= 15 is 0 Å². The van der Waals surface area contributed by atoms with Gasteiger partial charge in [0.05, 0.1) is 5.92 Å². The molecule has 0 aromatic carbocycles. The van der Waals surface area contributed by atoms with E-state index < -0.39 is 0 Å². The summed E-state index contributed by atoms with van der Waals surface area (Å²) in [5, 5.41) is 0. The van der Waals surface area contributed by atoms with Gasteiger partial charge in [0.15, 0.2) is 0 Å². The summed E-state index contributed by atoms with van der Waals surface area (Å²) in [6.45, 7) is 14.2. The van der Waals surface area contributed by atoms with Crippen LogP contribution in [0.5, 0.6) is 0 Å². The Balaban J connectivity index is 4.43. The smallest absolute Gasteiger partial charge is 0.309 e. The van der Waals surface area contributed by atoms with Crippen LogP contribution in [0, 0.1) is 17.8 Å². The van der Waals surface area contributed by atoms with Crippen LogP contribution in [0.1, 0.15) is 54.9 Å². The molecule has 2 heteroatoms. The van der Waals surface area contributed by atoms with Crippen molar-refractivity contribution in [1.29, 1.82) is 0 Å². The lowest BCUT2D eigenvalue weighted by Crippen LogP contribution is -2.31. The lowest BCUT2D eigenvalue weighted by Gasteiger charge is -2.26. The molecule has 0 N–H and O–H groups in total. The van der Waals surface area contributed by atoms with Gasteiger partial charge in [-0.3, -0.25) is 4.79 Å². The Hall–Kier alpha value is -0.530. The lowest BCUT2D eigenvalue weighted by molar-refractivity contribution is -0.162. The van der Waals surface area contributed by atoms with Gasteiger partial charge in [0, 0.05) is 0 Å². The van der Waals surface area contributed by atoms with Crippen LogP contribution in [-0.4, -0.2) is 11.6 Å². The maximum Gasteiger partial charge on any atom is 0.309 e. The first-order chi connectivity index (χ1) is 6.63. The average molecular weight is 214 g/mol. The molecule has 0 bridgehead atoms. The SMILES string of the molecule is CC(C)CC(C(=O)OC(C)(C)C)C(C)C. The number of hydrogen-bond donors (Lipinski definition) is 0. The second-order valence-corrected chi connectivity index (χ2v) is 6.01. The van der Waals surface area contributed by atoms with Gasteiger partial charge >= 0.3 is 5.97 Å². The highest BCUT2D eigenvalue weighted by Crippen LogP contribution is 2.23. The van der Waals surface area contributed by atoms with Crippen LogP contribution in [-0.2, 0) is 9.53 Å². The summed E-state index contributed by atoms with van der Waals surface area (Å²) in [7, 11) is 0. The topological polar surface area (TPSA) is 26.3 Å². The van der Waals surface area contributed by atoms with Crippen molar-refractivity contribution in [2.24, 2.45) is 17.8 Å². The van der Waals surface area contributed by atoms with Gasteiger partial charge in [-0.25, -0.2) is 0 Å². The quantitative estimate of drug-likeness (QED) is 0.668. The predicted octanol–water partition coefficient (Wildman–Crippen LogP) is 3.65. The van der Waals surface area contributed by atoms with Gasteiger partial charge < -0.3 is 4.74 Å². The van der Waals surface area contributed by atoms with Crippen molar-refractivity contribution in [3.63, 3.8) is 0 Å². The Kier molecular flexibility index (Phi) is 5.33. The highest BCUT2D eigenvalue weighted by atomic mass is 16.6. The van der Waals surface area contributed by atoms with Crippen molar-refractivity contribution in [2.45, 2.75) is 60.5 Å². The Morgan fingerprint density at radius 2 is 1.60 bits per heavy atom. The molecule has 0 heterocycles. The summed E-state index contributed by atoms with van der Waals surface area (Å²) < 4.78 is 5.42. The van der Waals surface area contributed by atoms with Crippen molar-refractivity contribution in [1.82, 2.24) is 0 Å². The monoisotopic (exact) mass is 214 g/mol. The van der Waals surface area contributed by atoms with Crippen LogP contribution in [0.15, 0.2) is 0 Å². The van der Waals surface area contributed by atoms with E-state index in [2.05, 4.69) is 27.7 Å². The molecule has 1 atom stereocenters. The summed E-state index contributed by atoms with van der Waals surface area (Å²) in [5.41, 5.74) is -0.374. The van der Waals surface area contributed by atoms with Gasteiger partial charge in [-0.2, -0.15) is 0 Å². The van der Waals surface area contributed by atoms with E-state index in [-0.39, 0.29) is 17.5 Å².